The number of para-hydroxylation sites is 1. The van der Waals surface area contributed by atoms with Gasteiger partial charge in [0.2, 0.25) is 0 Å². The Morgan fingerprint density at radius 1 is 0.800 bits per heavy atom. The van der Waals surface area contributed by atoms with Crippen LogP contribution in [0.15, 0.2) is 60.7 Å². The molecule has 0 bridgehead atoms. The van der Waals surface area contributed by atoms with Gasteiger partial charge in [-0.1, -0.05) is 64.7 Å². The second kappa shape index (κ2) is 11.1. The number of hydrogen-bond donors (Lipinski definition) is 1. The van der Waals surface area contributed by atoms with E-state index in [1.54, 1.807) is 18.2 Å². The van der Waals surface area contributed by atoms with Crippen LogP contribution in [0.5, 0.6) is 5.75 Å². The minimum absolute atomic E-state index is 0. The fourth-order valence-corrected chi connectivity index (χ4v) is 2.88. The van der Waals surface area contributed by atoms with E-state index in [0.29, 0.717) is 0 Å². The van der Waals surface area contributed by atoms with Crippen LogP contribution in [0.25, 0.3) is 11.1 Å². The minimum Gasteiger partial charge on any atom is -1.00 e. The van der Waals surface area contributed by atoms with Crippen molar-refractivity contribution in [2.75, 3.05) is 0 Å². The van der Waals surface area contributed by atoms with Gasteiger partial charge in [-0.3, -0.25) is 0 Å². The third-order valence-electron chi connectivity index (χ3n) is 3.55. The van der Waals surface area contributed by atoms with E-state index in [4.69, 9.17) is 28.3 Å². The number of hydrogen-bond acceptors (Lipinski definition) is 1. The Bertz CT molecular complexity index is 760. The number of benzene rings is 3. The molecule has 1 aliphatic carbocycles. The van der Waals surface area contributed by atoms with Crippen molar-refractivity contribution < 1.29 is 51.6 Å². The summed E-state index contributed by atoms with van der Waals surface area (Å²) in [6.07, 6.45) is 1.05. The number of phenolic OH excluding ortho intramolecular Hbond substituents is 1. The zero-order chi connectivity index (χ0) is 15.5. The minimum atomic E-state index is -0.0548. The first-order valence-electron chi connectivity index (χ1n) is 6.87. The van der Waals surface area contributed by atoms with E-state index < -0.39 is 0 Å². The maximum absolute atomic E-state index is 8.94. The molecule has 0 fully saturated rings. The monoisotopic (exact) mass is 445 g/mol. The van der Waals surface area contributed by atoms with Gasteiger partial charge in [-0.2, -0.15) is 29.8 Å². The Kier molecular flexibility index (Phi) is 10.8. The Morgan fingerprint density at radius 3 is 2.04 bits per heavy atom. The zero-order valence-corrected chi connectivity index (χ0v) is 17.5. The van der Waals surface area contributed by atoms with Gasteiger partial charge in [0.15, 0.2) is 5.75 Å². The summed E-state index contributed by atoms with van der Waals surface area (Å²) < 4.78 is 0. The molecule has 6 heteroatoms. The second-order valence-electron chi connectivity index (χ2n) is 4.97. The van der Waals surface area contributed by atoms with Gasteiger partial charge in [0.05, 0.1) is 10.0 Å². The molecule has 0 saturated carbocycles. The summed E-state index contributed by atoms with van der Waals surface area (Å²) in [4.78, 5) is 0. The van der Waals surface area contributed by atoms with Crippen LogP contribution in [0.1, 0.15) is 11.1 Å². The van der Waals surface area contributed by atoms with Gasteiger partial charge in [-0.25, -0.2) is 0 Å². The average molecular weight is 447 g/mol. The molecular formula is C19H13Cl4OTi. The number of phenols is 1. The summed E-state index contributed by atoms with van der Waals surface area (Å²) in [5, 5.41) is 9.50. The van der Waals surface area contributed by atoms with Crippen molar-refractivity contribution in [1.29, 1.82) is 0 Å². The van der Waals surface area contributed by atoms with Crippen LogP contribution >= 0.6 is 23.2 Å². The van der Waals surface area contributed by atoms with Gasteiger partial charge >= 0.3 is 21.7 Å². The van der Waals surface area contributed by atoms with Gasteiger partial charge in [0.1, 0.15) is 0 Å². The molecule has 25 heavy (non-hydrogen) atoms. The number of rotatable bonds is 0. The molecule has 0 heterocycles. The zero-order valence-electron chi connectivity index (χ0n) is 12.9. The molecule has 4 rings (SSSR count). The van der Waals surface area contributed by atoms with E-state index in [-0.39, 0.29) is 62.3 Å². The van der Waals surface area contributed by atoms with Crippen LogP contribution in [0.3, 0.4) is 0 Å². The van der Waals surface area contributed by atoms with Crippen molar-refractivity contribution in [3.63, 3.8) is 0 Å². The second-order valence-corrected chi connectivity index (χ2v) is 5.78. The first kappa shape index (κ1) is 24.3. The Hall–Kier alpha value is -0.666. The first-order chi connectivity index (χ1) is 10.7. The predicted molar refractivity (Wildman–Crippen MR) is 91.6 cm³/mol. The molecule has 0 aliphatic heterocycles. The summed E-state index contributed by atoms with van der Waals surface area (Å²) in [5.41, 5.74) is 5.51. The molecule has 1 aliphatic rings. The van der Waals surface area contributed by atoms with E-state index in [9.17, 15) is 0 Å². The van der Waals surface area contributed by atoms with Crippen LogP contribution in [-0.2, 0) is 28.1 Å². The van der Waals surface area contributed by atoms with Crippen molar-refractivity contribution >= 4 is 23.2 Å². The van der Waals surface area contributed by atoms with Gasteiger partial charge in [0, 0.05) is 0 Å². The number of halogens is 4. The van der Waals surface area contributed by atoms with Crippen LogP contribution in [0, 0.1) is 6.07 Å². The summed E-state index contributed by atoms with van der Waals surface area (Å²) >= 11 is 11.0. The smallest absolute Gasteiger partial charge is 1.00 e. The molecule has 1 radical (unpaired) electrons. The predicted octanol–water partition coefficient (Wildman–Crippen LogP) is -0.238. The van der Waals surface area contributed by atoms with Crippen LogP contribution in [0.2, 0.25) is 10.0 Å². The molecule has 3 aromatic carbocycles. The molecule has 1 N–H and O–H groups in total. The summed E-state index contributed by atoms with van der Waals surface area (Å²) in [6.45, 7) is 0. The quantitative estimate of drug-likeness (QED) is 0.292. The van der Waals surface area contributed by atoms with Crippen molar-refractivity contribution in [2.45, 2.75) is 6.42 Å². The first-order valence-corrected chi connectivity index (χ1v) is 7.63. The Balaban J connectivity index is 0.000000435. The van der Waals surface area contributed by atoms with Gasteiger partial charge in [0.25, 0.3) is 0 Å². The molecule has 0 spiro atoms. The topological polar surface area (TPSA) is 20.2 Å². The van der Waals surface area contributed by atoms with Crippen molar-refractivity contribution in [3.8, 4) is 16.9 Å². The largest absolute Gasteiger partial charge is 3.00 e. The number of fused-ring (bicyclic) bond motifs is 3. The molecule has 0 aromatic heterocycles. The molecule has 0 atom stereocenters. The summed E-state index contributed by atoms with van der Waals surface area (Å²) in [5.74, 6) is -0.0548. The SMILES string of the molecule is Oc1c(Cl)cccc1Cl.[Cl-].[Cl-].[Ti+3].[c-]1cccc2c1Cc1ccccc1-2. The van der Waals surface area contributed by atoms with Crippen molar-refractivity contribution in [2.24, 2.45) is 0 Å². The van der Waals surface area contributed by atoms with E-state index in [2.05, 4.69) is 42.5 Å². The maximum atomic E-state index is 8.94. The van der Waals surface area contributed by atoms with E-state index in [1.165, 1.54) is 22.3 Å². The normalized spacial score (nSPS) is 9.84. The Labute approximate surface area is 185 Å². The third-order valence-corrected chi connectivity index (χ3v) is 4.16. The van der Waals surface area contributed by atoms with Crippen LogP contribution in [-0.4, -0.2) is 5.11 Å². The van der Waals surface area contributed by atoms with E-state index in [0.717, 1.165) is 6.42 Å². The van der Waals surface area contributed by atoms with Gasteiger partial charge < -0.3 is 29.9 Å². The van der Waals surface area contributed by atoms with E-state index >= 15 is 0 Å². The Morgan fingerprint density at radius 2 is 1.40 bits per heavy atom. The molecule has 127 valence electrons. The van der Waals surface area contributed by atoms with Crippen molar-refractivity contribution in [1.82, 2.24) is 0 Å². The van der Waals surface area contributed by atoms with E-state index in [1.807, 2.05) is 6.07 Å². The molecule has 0 unspecified atom stereocenters. The molecule has 1 nitrogen and oxygen atoms in total. The van der Waals surface area contributed by atoms with Crippen LogP contribution < -0.4 is 24.8 Å². The fourth-order valence-electron chi connectivity index (χ4n) is 2.49. The molecule has 0 saturated heterocycles. The summed E-state index contributed by atoms with van der Waals surface area (Å²) in [6, 6.07) is 22.9. The molecular weight excluding hydrogens is 434 g/mol. The standard InChI is InChI=1S/C13H9.C6H4Cl2O.2ClH.Ti/c1-3-7-12-10(5-1)9-11-6-2-4-8-13(11)12;7-4-2-1-3-5(8)6(4)9;;;/h1-5,7-8H,9H2;1-3,9H;2*1H;/q-1;;;;+3/p-2. The van der Waals surface area contributed by atoms with Gasteiger partial charge in [-0.15, -0.1) is 5.56 Å². The third kappa shape index (κ3) is 5.66. The number of aromatic hydroxyl groups is 1. The molecule has 3 aromatic rings. The average Bonchev–Trinajstić information content (AvgIpc) is 2.92. The summed E-state index contributed by atoms with van der Waals surface area (Å²) in [7, 11) is 0. The molecule has 0 amide bonds. The van der Waals surface area contributed by atoms with Gasteiger partial charge in [-0.05, 0) is 18.6 Å². The van der Waals surface area contributed by atoms with Crippen molar-refractivity contribution in [3.05, 3.63) is 87.9 Å². The van der Waals surface area contributed by atoms with Crippen LogP contribution in [0.4, 0.5) is 0 Å². The fraction of sp³-hybridized carbons (Fsp3) is 0.0526. The maximum Gasteiger partial charge on any atom is 3.00 e.